The van der Waals surface area contributed by atoms with Gasteiger partial charge in [0.2, 0.25) is 5.91 Å². The largest absolute Gasteiger partial charge is 0.388 e. The van der Waals surface area contributed by atoms with Crippen molar-refractivity contribution in [3.05, 3.63) is 54.1 Å². The Balaban J connectivity index is 1.74. The van der Waals surface area contributed by atoms with Crippen LogP contribution in [0.2, 0.25) is 0 Å². The molecule has 0 aromatic heterocycles. The molecule has 1 aliphatic heterocycles. The monoisotopic (exact) mass is 409 g/mol. The van der Waals surface area contributed by atoms with Gasteiger partial charge in [-0.15, -0.1) is 0 Å². The van der Waals surface area contributed by atoms with Crippen molar-refractivity contribution in [2.24, 2.45) is 0 Å². The maximum absolute atomic E-state index is 12.8. The Hall–Kier alpha value is -3.19. The van der Waals surface area contributed by atoms with E-state index >= 15 is 0 Å². The number of nitrogens with zero attached hydrogens (tertiary/aromatic N) is 2. The molecule has 1 saturated heterocycles. The number of nitrogens with one attached hydrogen (secondary N) is 1. The van der Waals surface area contributed by atoms with Gasteiger partial charge in [0.1, 0.15) is 6.61 Å². The number of ketones is 1. The van der Waals surface area contributed by atoms with Gasteiger partial charge >= 0.3 is 0 Å². The summed E-state index contributed by atoms with van der Waals surface area (Å²) in [6, 6.07) is 14.0. The molecule has 0 radical (unpaired) electrons. The molecule has 2 N–H and O–H groups in total. The summed E-state index contributed by atoms with van der Waals surface area (Å²) in [6.07, 6.45) is 2.47. The molecule has 1 heterocycles. The zero-order chi connectivity index (χ0) is 21.7. The minimum absolute atomic E-state index is 0.356. The van der Waals surface area contributed by atoms with Crippen molar-refractivity contribution >= 4 is 23.3 Å². The summed E-state index contributed by atoms with van der Waals surface area (Å²) in [4.78, 5) is 40.2. The summed E-state index contributed by atoms with van der Waals surface area (Å²) in [5, 5.41) is 11.5. The highest BCUT2D eigenvalue weighted by molar-refractivity contribution is 6.10. The number of amides is 2. The number of aliphatic hydroxyl groups excluding tert-OH is 1. The molecule has 1 aliphatic rings. The molecule has 0 spiro atoms. The van der Waals surface area contributed by atoms with Crippen LogP contribution in [-0.4, -0.2) is 67.4 Å². The van der Waals surface area contributed by atoms with Gasteiger partial charge in [0.15, 0.2) is 11.8 Å². The smallest absolute Gasteiger partial charge is 0.254 e. The van der Waals surface area contributed by atoms with Crippen molar-refractivity contribution in [3.63, 3.8) is 0 Å². The van der Waals surface area contributed by atoms with E-state index in [0.717, 1.165) is 29.1 Å². The van der Waals surface area contributed by atoms with Gasteiger partial charge in [0, 0.05) is 38.4 Å². The van der Waals surface area contributed by atoms with Crippen LogP contribution in [0.5, 0.6) is 0 Å². The quantitative estimate of drug-likeness (QED) is 0.680. The first-order valence-corrected chi connectivity index (χ1v) is 10.0. The van der Waals surface area contributed by atoms with Crippen LogP contribution < -0.4 is 10.2 Å². The van der Waals surface area contributed by atoms with Gasteiger partial charge in [-0.3, -0.25) is 14.4 Å². The van der Waals surface area contributed by atoms with E-state index in [4.69, 9.17) is 5.11 Å². The molecule has 1 unspecified atom stereocenters. The average Bonchev–Trinajstić information content (AvgIpc) is 3.33. The molecule has 2 aromatic rings. The lowest BCUT2D eigenvalue weighted by atomic mass is 10.0. The van der Waals surface area contributed by atoms with E-state index in [1.807, 2.05) is 12.1 Å². The van der Waals surface area contributed by atoms with E-state index in [0.29, 0.717) is 5.56 Å². The number of carbonyl (C=O) groups is 3. The van der Waals surface area contributed by atoms with Gasteiger partial charge < -0.3 is 20.2 Å². The van der Waals surface area contributed by atoms with E-state index in [1.165, 1.54) is 32.6 Å². The molecule has 1 fully saturated rings. The molecule has 30 heavy (non-hydrogen) atoms. The highest BCUT2D eigenvalue weighted by Gasteiger charge is 2.32. The lowest BCUT2D eigenvalue weighted by molar-refractivity contribution is -0.135. The molecule has 0 saturated carbocycles. The number of likely N-dealkylation sites (N-methyl/N-ethyl adjacent to an activating group) is 2. The third-order valence-corrected chi connectivity index (χ3v) is 5.47. The fourth-order valence-corrected chi connectivity index (χ4v) is 3.73. The van der Waals surface area contributed by atoms with Crippen molar-refractivity contribution in [3.8, 4) is 11.1 Å². The predicted octanol–water partition coefficient (Wildman–Crippen LogP) is 1.70. The van der Waals surface area contributed by atoms with E-state index in [1.54, 1.807) is 12.1 Å². The Morgan fingerprint density at radius 2 is 1.53 bits per heavy atom. The number of benzene rings is 2. The van der Waals surface area contributed by atoms with E-state index in [9.17, 15) is 14.4 Å². The summed E-state index contributed by atoms with van der Waals surface area (Å²) >= 11 is 0. The van der Waals surface area contributed by atoms with Gasteiger partial charge in [-0.2, -0.15) is 0 Å². The summed E-state index contributed by atoms with van der Waals surface area (Å²) < 4.78 is 0. The SMILES string of the molecule is CNC(=O)C(C(=O)CO)N(C)C(=O)c1ccc(-c2ccc(N3CCCC3)cc2)cc1. The van der Waals surface area contributed by atoms with Gasteiger partial charge in [-0.1, -0.05) is 24.3 Å². The second-order valence-electron chi connectivity index (χ2n) is 7.38. The Bertz CT molecular complexity index is 887. The Labute approximate surface area is 176 Å². The number of hydrogen-bond donors (Lipinski definition) is 2. The van der Waals surface area contributed by atoms with Crippen molar-refractivity contribution < 1.29 is 19.5 Å². The topological polar surface area (TPSA) is 90.0 Å². The zero-order valence-corrected chi connectivity index (χ0v) is 17.3. The van der Waals surface area contributed by atoms with Crippen LogP contribution in [0.4, 0.5) is 5.69 Å². The van der Waals surface area contributed by atoms with Crippen LogP contribution >= 0.6 is 0 Å². The maximum atomic E-state index is 12.8. The lowest BCUT2D eigenvalue weighted by Gasteiger charge is -2.25. The van der Waals surface area contributed by atoms with Gasteiger partial charge in [-0.25, -0.2) is 0 Å². The Morgan fingerprint density at radius 1 is 1.00 bits per heavy atom. The second-order valence-corrected chi connectivity index (χ2v) is 7.38. The molecule has 0 bridgehead atoms. The Morgan fingerprint density at radius 3 is 2.03 bits per heavy atom. The van der Waals surface area contributed by atoms with Gasteiger partial charge in [0.05, 0.1) is 0 Å². The average molecular weight is 409 g/mol. The van der Waals surface area contributed by atoms with Gasteiger partial charge in [0.25, 0.3) is 5.91 Å². The summed E-state index contributed by atoms with van der Waals surface area (Å²) in [5.41, 5.74) is 3.59. The lowest BCUT2D eigenvalue weighted by Crippen LogP contribution is -2.52. The number of carbonyl (C=O) groups excluding carboxylic acids is 3. The first-order valence-electron chi connectivity index (χ1n) is 10.0. The number of rotatable bonds is 7. The zero-order valence-electron chi connectivity index (χ0n) is 17.3. The normalized spacial score (nSPS) is 14.3. The molecular formula is C23H27N3O4. The Kier molecular flexibility index (Phi) is 6.84. The van der Waals surface area contributed by atoms with E-state index in [-0.39, 0.29) is 0 Å². The number of hydrogen-bond acceptors (Lipinski definition) is 5. The van der Waals surface area contributed by atoms with Crippen LogP contribution in [0, 0.1) is 0 Å². The second kappa shape index (κ2) is 9.54. The predicted molar refractivity (Wildman–Crippen MR) is 115 cm³/mol. The molecule has 1 atom stereocenters. The maximum Gasteiger partial charge on any atom is 0.254 e. The molecule has 0 aliphatic carbocycles. The van der Waals surface area contributed by atoms with Crippen molar-refractivity contribution in [2.75, 3.05) is 38.7 Å². The van der Waals surface area contributed by atoms with Crippen LogP contribution in [0.25, 0.3) is 11.1 Å². The van der Waals surface area contributed by atoms with Crippen LogP contribution in [0.3, 0.4) is 0 Å². The summed E-state index contributed by atoms with van der Waals surface area (Å²) in [5.74, 6) is -1.85. The number of anilines is 1. The first kappa shape index (κ1) is 21.5. The van der Waals surface area contributed by atoms with Crippen LogP contribution in [0.15, 0.2) is 48.5 Å². The highest BCUT2D eigenvalue weighted by Crippen LogP contribution is 2.26. The minimum Gasteiger partial charge on any atom is -0.388 e. The molecule has 7 nitrogen and oxygen atoms in total. The van der Waals surface area contributed by atoms with Crippen LogP contribution in [0.1, 0.15) is 23.2 Å². The van der Waals surface area contributed by atoms with Crippen molar-refractivity contribution in [1.82, 2.24) is 10.2 Å². The molecule has 7 heteroatoms. The molecule has 158 valence electrons. The molecule has 2 aromatic carbocycles. The minimum atomic E-state index is -1.37. The van der Waals surface area contributed by atoms with Crippen molar-refractivity contribution in [2.45, 2.75) is 18.9 Å². The van der Waals surface area contributed by atoms with Gasteiger partial charge in [-0.05, 0) is 48.2 Å². The first-order chi connectivity index (χ1) is 14.5. The molecular weight excluding hydrogens is 382 g/mol. The standard InChI is InChI=1S/C23H27N3O4/c1-24-22(29)21(20(28)15-27)25(2)23(30)18-7-5-16(6-8-18)17-9-11-19(12-10-17)26-13-3-4-14-26/h5-12,21,27H,3-4,13-15H2,1-2H3,(H,24,29). The van der Waals surface area contributed by atoms with E-state index < -0.39 is 30.2 Å². The van der Waals surface area contributed by atoms with Crippen LogP contribution in [-0.2, 0) is 9.59 Å². The molecule has 3 rings (SSSR count). The third kappa shape index (κ3) is 4.52. The highest BCUT2D eigenvalue weighted by atomic mass is 16.3. The number of Topliss-reactive ketones (excluding diaryl/α,β-unsaturated/α-hetero) is 1. The molecule has 2 amide bonds. The summed E-state index contributed by atoms with van der Waals surface area (Å²) in [6.45, 7) is 1.38. The van der Waals surface area contributed by atoms with E-state index in [2.05, 4.69) is 34.5 Å². The number of aliphatic hydroxyl groups is 1. The fraction of sp³-hybridized carbons (Fsp3) is 0.348. The van der Waals surface area contributed by atoms with Crippen molar-refractivity contribution in [1.29, 1.82) is 0 Å². The third-order valence-electron chi connectivity index (χ3n) is 5.47. The summed E-state index contributed by atoms with van der Waals surface area (Å²) in [7, 11) is 2.75. The fourth-order valence-electron chi connectivity index (χ4n) is 3.73.